The third-order valence-corrected chi connectivity index (χ3v) is 2.65. The van der Waals surface area contributed by atoms with Crippen molar-refractivity contribution in [3.8, 4) is 0 Å². The van der Waals surface area contributed by atoms with Crippen LogP contribution < -0.4 is 5.14 Å². The van der Waals surface area contributed by atoms with Gasteiger partial charge in [0.2, 0.25) is 0 Å². The van der Waals surface area contributed by atoms with Crippen molar-refractivity contribution in [2.75, 3.05) is 0 Å². The highest BCUT2D eigenvalue weighted by molar-refractivity contribution is 7.89. The minimum atomic E-state index is -3.84. The molecular weight excluding hydrogens is 209 g/mol. The maximum Gasteiger partial charge on any atom is 0.255 e. The van der Waals surface area contributed by atoms with E-state index in [0.717, 1.165) is 12.1 Å². The van der Waals surface area contributed by atoms with Gasteiger partial charge >= 0.3 is 0 Å². The van der Waals surface area contributed by atoms with Crippen LogP contribution in [-0.2, 0) is 10.0 Å². The summed E-state index contributed by atoms with van der Waals surface area (Å²) in [4.78, 5) is 0. The van der Waals surface area contributed by atoms with Gasteiger partial charge in [0.15, 0.2) is 5.03 Å². The number of aromatic amines is 1. The van der Waals surface area contributed by atoms with Gasteiger partial charge in [0, 0.05) is 11.5 Å². The molecule has 3 N–H and O–H groups in total. The van der Waals surface area contributed by atoms with Crippen LogP contribution >= 0.6 is 0 Å². The molecule has 2 rings (SSSR count). The van der Waals surface area contributed by atoms with Crippen LogP contribution in [0.1, 0.15) is 0 Å². The molecule has 74 valence electrons. The molecule has 1 aromatic heterocycles. The molecule has 0 aliphatic carbocycles. The Balaban J connectivity index is 2.83. The quantitative estimate of drug-likeness (QED) is 0.719. The van der Waals surface area contributed by atoms with Crippen LogP contribution in [0, 0.1) is 5.82 Å². The van der Waals surface area contributed by atoms with Crippen LogP contribution in [0.4, 0.5) is 4.39 Å². The van der Waals surface area contributed by atoms with Gasteiger partial charge in [-0.25, -0.2) is 17.9 Å². The SMILES string of the molecule is NS(=O)(=O)c1[nH]nc2cc(F)ccc12. The van der Waals surface area contributed by atoms with E-state index >= 15 is 0 Å². The number of H-pyrrole nitrogens is 1. The van der Waals surface area contributed by atoms with Crippen molar-refractivity contribution in [1.29, 1.82) is 0 Å². The van der Waals surface area contributed by atoms with Crippen molar-refractivity contribution < 1.29 is 12.8 Å². The zero-order valence-electron chi connectivity index (χ0n) is 6.86. The largest absolute Gasteiger partial charge is 0.265 e. The third-order valence-electron chi connectivity index (χ3n) is 1.77. The molecule has 0 fully saturated rings. The summed E-state index contributed by atoms with van der Waals surface area (Å²) in [5, 5.41) is 10.9. The van der Waals surface area contributed by atoms with Crippen molar-refractivity contribution in [1.82, 2.24) is 10.2 Å². The summed E-state index contributed by atoms with van der Waals surface area (Å²) in [6, 6.07) is 3.58. The Kier molecular flexibility index (Phi) is 1.79. The van der Waals surface area contributed by atoms with Crippen molar-refractivity contribution in [2.45, 2.75) is 5.03 Å². The van der Waals surface area contributed by atoms with Crippen LogP contribution in [-0.4, -0.2) is 18.6 Å². The molecule has 0 aliphatic heterocycles. The zero-order chi connectivity index (χ0) is 10.3. The number of sulfonamides is 1. The average Bonchev–Trinajstić information content (AvgIpc) is 2.45. The first-order valence-corrected chi connectivity index (χ1v) is 5.19. The van der Waals surface area contributed by atoms with Gasteiger partial charge in [-0.1, -0.05) is 0 Å². The molecule has 0 unspecified atom stereocenters. The first-order chi connectivity index (χ1) is 6.48. The standard InChI is InChI=1S/C7H6FN3O2S/c8-4-1-2-5-6(3-4)10-11-7(5)14(9,12)13/h1-3H,(H,10,11)(H2,9,12,13). The lowest BCUT2D eigenvalue weighted by Crippen LogP contribution is -2.12. The predicted molar refractivity (Wildman–Crippen MR) is 47.4 cm³/mol. The maximum absolute atomic E-state index is 12.7. The number of halogens is 1. The average molecular weight is 215 g/mol. The van der Waals surface area contributed by atoms with Crippen LogP contribution in [0.3, 0.4) is 0 Å². The number of aromatic nitrogens is 2. The van der Waals surface area contributed by atoms with E-state index in [1.54, 1.807) is 0 Å². The number of primary sulfonamides is 1. The number of benzene rings is 1. The summed E-state index contributed by atoms with van der Waals surface area (Å²) in [6.07, 6.45) is 0. The lowest BCUT2D eigenvalue weighted by molar-refractivity contribution is 0.594. The van der Waals surface area contributed by atoms with Crippen LogP contribution in [0.5, 0.6) is 0 Å². The van der Waals surface area contributed by atoms with Gasteiger partial charge < -0.3 is 0 Å². The minimum Gasteiger partial charge on any atom is -0.265 e. The van der Waals surface area contributed by atoms with Gasteiger partial charge in [0.25, 0.3) is 10.0 Å². The number of nitrogens with one attached hydrogen (secondary N) is 1. The van der Waals surface area contributed by atoms with Gasteiger partial charge in [-0.2, -0.15) is 5.10 Å². The molecule has 0 aliphatic rings. The molecule has 0 bridgehead atoms. The summed E-state index contributed by atoms with van der Waals surface area (Å²) in [5.41, 5.74) is 0.231. The van der Waals surface area contributed by atoms with Gasteiger partial charge in [0.05, 0.1) is 5.52 Å². The number of fused-ring (bicyclic) bond motifs is 1. The smallest absolute Gasteiger partial charge is 0.255 e. The van der Waals surface area contributed by atoms with E-state index in [2.05, 4.69) is 10.2 Å². The van der Waals surface area contributed by atoms with E-state index in [-0.39, 0.29) is 15.9 Å². The number of nitrogens with zero attached hydrogens (tertiary/aromatic N) is 1. The molecule has 7 heteroatoms. The highest BCUT2D eigenvalue weighted by Gasteiger charge is 2.15. The Bertz CT molecular complexity index is 590. The van der Waals surface area contributed by atoms with Crippen molar-refractivity contribution in [3.05, 3.63) is 24.0 Å². The fourth-order valence-electron chi connectivity index (χ4n) is 1.18. The Morgan fingerprint density at radius 1 is 1.43 bits per heavy atom. The first kappa shape index (κ1) is 9.10. The van der Waals surface area contributed by atoms with Gasteiger partial charge in [0.1, 0.15) is 5.82 Å². The maximum atomic E-state index is 12.7. The molecule has 0 saturated carbocycles. The van der Waals surface area contributed by atoms with E-state index in [1.165, 1.54) is 6.07 Å². The molecule has 5 nitrogen and oxygen atoms in total. The zero-order valence-corrected chi connectivity index (χ0v) is 7.68. The molecule has 0 saturated heterocycles. The number of rotatable bonds is 1. The Hall–Kier alpha value is -1.47. The fraction of sp³-hybridized carbons (Fsp3) is 0. The Morgan fingerprint density at radius 2 is 2.14 bits per heavy atom. The third kappa shape index (κ3) is 1.36. The van der Waals surface area contributed by atoms with E-state index in [9.17, 15) is 12.8 Å². The number of hydrogen-bond donors (Lipinski definition) is 2. The van der Waals surface area contributed by atoms with E-state index < -0.39 is 15.8 Å². The van der Waals surface area contributed by atoms with Crippen molar-refractivity contribution >= 4 is 20.9 Å². The molecule has 0 radical (unpaired) electrons. The van der Waals surface area contributed by atoms with E-state index in [4.69, 9.17) is 5.14 Å². The van der Waals surface area contributed by atoms with E-state index in [1.807, 2.05) is 0 Å². The van der Waals surface area contributed by atoms with Crippen LogP contribution in [0.25, 0.3) is 10.9 Å². The normalized spacial score (nSPS) is 12.1. The lowest BCUT2D eigenvalue weighted by Gasteiger charge is -1.93. The molecule has 1 aromatic carbocycles. The second kappa shape index (κ2) is 2.76. The number of nitrogens with two attached hydrogens (primary N) is 1. The summed E-state index contributed by atoms with van der Waals surface area (Å²) in [5.74, 6) is -0.482. The van der Waals surface area contributed by atoms with Crippen molar-refractivity contribution in [3.63, 3.8) is 0 Å². The minimum absolute atomic E-state index is 0.201. The number of hydrogen-bond acceptors (Lipinski definition) is 3. The monoisotopic (exact) mass is 215 g/mol. The predicted octanol–water partition coefficient (Wildman–Crippen LogP) is 0.349. The topological polar surface area (TPSA) is 88.8 Å². The molecular formula is C7H6FN3O2S. The highest BCUT2D eigenvalue weighted by atomic mass is 32.2. The molecule has 1 heterocycles. The second-order valence-electron chi connectivity index (χ2n) is 2.76. The van der Waals surface area contributed by atoms with Crippen molar-refractivity contribution in [2.24, 2.45) is 5.14 Å². The summed E-state index contributed by atoms with van der Waals surface area (Å²) in [6.45, 7) is 0. The summed E-state index contributed by atoms with van der Waals surface area (Å²) in [7, 11) is -3.84. The Labute approximate surface area is 78.8 Å². The summed E-state index contributed by atoms with van der Waals surface area (Å²) >= 11 is 0. The Morgan fingerprint density at radius 3 is 2.79 bits per heavy atom. The summed E-state index contributed by atoms with van der Waals surface area (Å²) < 4.78 is 34.7. The second-order valence-corrected chi connectivity index (χ2v) is 4.26. The molecule has 0 amide bonds. The molecule has 2 aromatic rings. The van der Waals surface area contributed by atoms with E-state index in [0.29, 0.717) is 0 Å². The van der Waals surface area contributed by atoms with Gasteiger partial charge in [-0.05, 0) is 12.1 Å². The molecule has 0 spiro atoms. The van der Waals surface area contributed by atoms with Crippen LogP contribution in [0.2, 0.25) is 0 Å². The van der Waals surface area contributed by atoms with Gasteiger partial charge in [-0.3, -0.25) is 5.10 Å². The van der Waals surface area contributed by atoms with Gasteiger partial charge in [-0.15, -0.1) is 0 Å². The van der Waals surface area contributed by atoms with Crippen LogP contribution in [0.15, 0.2) is 23.2 Å². The first-order valence-electron chi connectivity index (χ1n) is 3.65. The highest BCUT2D eigenvalue weighted by Crippen LogP contribution is 2.19. The fourth-order valence-corrected chi connectivity index (χ4v) is 1.83. The molecule has 14 heavy (non-hydrogen) atoms. The molecule has 0 atom stereocenters. The lowest BCUT2D eigenvalue weighted by atomic mass is 10.2.